The maximum atomic E-state index is 12.2. The monoisotopic (exact) mass is 307 g/mol. The third-order valence-electron chi connectivity index (χ3n) is 2.80. The lowest BCUT2D eigenvalue weighted by Crippen LogP contribution is -2.24. The predicted molar refractivity (Wildman–Crippen MR) is 78.0 cm³/mol. The largest absolute Gasteiger partial charge is 0.399 e. The van der Waals surface area contributed by atoms with Gasteiger partial charge < -0.3 is 5.73 Å². The third kappa shape index (κ3) is 3.56. The number of nitrogens with two attached hydrogens (primary N) is 1. The van der Waals surface area contributed by atoms with Gasteiger partial charge in [0.25, 0.3) is 5.69 Å². The third-order valence-corrected chi connectivity index (χ3v) is 4.25. The zero-order valence-corrected chi connectivity index (χ0v) is 11.7. The Kier molecular flexibility index (Phi) is 4.20. The first-order valence-corrected chi connectivity index (χ1v) is 7.46. The van der Waals surface area contributed by atoms with E-state index in [4.69, 9.17) is 5.73 Å². The molecule has 3 N–H and O–H groups in total. The van der Waals surface area contributed by atoms with E-state index in [2.05, 4.69) is 4.72 Å². The Hall–Kier alpha value is -2.45. The number of anilines is 1. The van der Waals surface area contributed by atoms with E-state index in [1.807, 2.05) is 0 Å². The van der Waals surface area contributed by atoms with Crippen LogP contribution < -0.4 is 10.5 Å². The molecule has 2 aromatic carbocycles. The quantitative estimate of drug-likeness (QED) is 0.495. The minimum absolute atomic E-state index is 0.0225. The van der Waals surface area contributed by atoms with E-state index >= 15 is 0 Å². The van der Waals surface area contributed by atoms with Crippen LogP contribution in [0.3, 0.4) is 0 Å². The van der Waals surface area contributed by atoms with Crippen LogP contribution in [0, 0.1) is 10.1 Å². The molecule has 2 aromatic rings. The van der Waals surface area contributed by atoms with E-state index in [1.165, 1.54) is 18.2 Å². The molecule has 0 aromatic heterocycles. The maximum absolute atomic E-state index is 12.2. The van der Waals surface area contributed by atoms with Crippen molar-refractivity contribution >= 4 is 21.4 Å². The molecule has 0 spiro atoms. The molecule has 0 aliphatic heterocycles. The molecule has 8 heteroatoms. The van der Waals surface area contributed by atoms with Gasteiger partial charge in [-0.05, 0) is 23.8 Å². The van der Waals surface area contributed by atoms with Crippen LogP contribution in [0.15, 0.2) is 53.4 Å². The molecule has 0 atom stereocenters. The van der Waals surface area contributed by atoms with Crippen LogP contribution in [0.4, 0.5) is 11.4 Å². The zero-order valence-electron chi connectivity index (χ0n) is 10.9. The summed E-state index contributed by atoms with van der Waals surface area (Å²) >= 11 is 0. The Bertz CT molecular complexity index is 757. The van der Waals surface area contributed by atoms with Crippen LogP contribution >= 0.6 is 0 Å². The minimum atomic E-state index is -3.97. The van der Waals surface area contributed by atoms with Crippen molar-refractivity contribution in [3.63, 3.8) is 0 Å². The van der Waals surface area contributed by atoms with Crippen LogP contribution in [-0.4, -0.2) is 13.3 Å². The van der Waals surface area contributed by atoms with Gasteiger partial charge in [-0.3, -0.25) is 10.1 Å². The summed E-state index contributed by atoms with van der Waals surface area (Å²) in [6, 6.07) is 11.8. The van der Waals surface area contributed by atoms with Gasteiger partial charge in [0.15, 0.2) is 4.90 Å². The Balaban J connectivity index is 2.23. The molecule has 0 saturated carbocycles. The number of nitro groups is 1. The van der Waals surface area contributed by atoms with Crippen LogP contribution in [0.5, 0.6) is 0 Å². The van der Waals surface area contributed by atoms with Gasteiger partial charge in [-0.25, -0.2) is 13.1 Å². The summed E-state index contributed by atoms with van der Waals surface area (Å²) in [4.78, 5) is 9.80. The average molecular weight is 307 g/mol. The first-order valence-electron chi connectivity index (χ1n) is 5.97. The number of nitrogen functional groups attached to an aromatic ring is 1. The number of nitrogens with one attached hydrogen (secondary N) is 1. The summed E-state index contributed by atoms with van der Waals surface area (Å²) in [5.41, 5.74) is 6.35. The van der Waals surface area contributed by atoms with Crippen molar-refractivity contribution in [1.82, 2.24) is 4.72 Å². The van der Waals surface area contributed by atoms with Gasteiger partial charge in [-0.15, -0.1) is 0 Å². The van der Waals surface area contributed by atoms with Crippen molar-refractivity contribution < 1.29 is 13.3 Å². The van der Waals surface area contributed by atoms with Gasteiger partial charge in [-0.2, -0.15) is 0 Å². The minimum Gasteiger partial charge on any atom is -0.399 e. The second-order valence-electron chi connectivity index (χ2n) is 4.29. The van der Waals surface area contributed by atoms with Gasteiger partial charge in [0.05, 0.1) is 4.92 Å². The summed E-state index contributed by atoms with van der Waals surface area (Å²) in [5, 5.41) is 10.9. The van der Waals surface area contributed by atoms with Gasteiger partial charge in [0.2, 0.25) is 10.0 Å². The van der Waals surface area contributed by atoms with Crippen molar-refractivity contribution in [3.8, 4) is 0 Å². The lowest BCUT2D eigenvalue weighted by Gasteiger charge is -2.07. The lowest BCUT2D eigenvalue weighted by atomic mass is 10.2. The highest BCUT2D eigenvalue weighted by Crippen LogP contribution is 2.22. The Labute approximate surface area is 121 Å². The van der Waals surface area contributed by atoms with Crippen molar-refractivity contribution in [3.05, 3.63) is 64.2 Å². The molecule has 0 unspecified atom stereocenters. The summed E-state index contributed by atoms with van der Waals surface area (Å²) in [6.07, 6.45) is 0. The number of para-hydroxylation sites is 1. The number of rotatable bonds is 5. The fraction of sp³-hybridized carbons (Fsp3) is 0.0769. The molecule has 7 nitrogen and oxygen atoms in total. The van der Waals surface area contributed by atoms with Gasteiger partial charge in [-0.1, -0.05) is 24.3 Å². The Morgan fingerprint density at radius 3 is 2.33 bits per heavy atom. The van der Waals surface area contributed by atoms with E-state index in [0.717, 1.165) is 6.07 Å². The van der Waals surface area contributed by atoms with Crippen LogP contribution in [0.2, 0.25) is 0 Å². The molecular formula is C13H13N3O4S. The summed E-state index contributed by atoms with van der Waals surface area (Å²) in [5.74, 6) is 0. The second kappa shape index (κ2) is 5.90. The zero-order chi connectivity index (χ0) is 15.5. The SMILES string of the molecule is Nc1ccc(CNS(=O)(=O)c2ccccc2[N+](=O)[O-])cc1. The molecule has 0 amide bonds. The van der Waals surface area contributed by atoms with Crippen molar-refractivity contribution in [2.24, 2.45) is 0 Å². The highest BCUT2D eigenvalue weighted by atomic mass is 32.2. The number of hydrogen-bond donors (Lipinski definition) is 2. The fourth-order valence-electron chi connectivity index (χ4n) is 1.73. The number of nitro benzene ring substituents is 1. The van der Waals surface area contributed by atoms with Crippen molar-refractivity contribution in [2.45, 2.75) is 11.4 Å². The smallest absolute Gasteiger partial charge is 0.289 e. The van der Waals surface area contributed by atoms with Crippen molar-refractivity contribution in [2.75, 3.05) is 5.73 Å². The molecule has 0 bridgehead atoms. The highest BCUT2D eigenvalue weighted by molar-refractivity contribution is 7.89. The number of hydrogen-bond acceptors (Lipinski definition) is 5. The highest BCUT2D eigenvalue weighted by Gasteiger charge is 2.24. The molecular weight excluding hydrogens is 294 g/mol. The summed E-state index contributed by atoms with van der Waals surface area (Å²) in [7, 11) is -3.97. The molecule has 21 heavy (non-hydrogen) atoms. The second-order valence-corrected chi connectivity index (χ2v) is 6.03. The van der Waals surface area contributed by atoms with E-state index in [-0.39, 0.29) is 11.4 Å². The molecule has 0 radical (unpaired) electrons. The van der Waals surface area contributed by atoms with E-state index in [0.29, 0.717) is 11.3 Å². The van der Waals surface area contributed by atoms with E-state index in [1.54, 1.807) is 24.3 Å². The summed E-state index contributed by atoms with van der Waals surface area (Å²) < 4.78 is 26.6. The first kappa shape index (κ1) is 14.9. The summed E-state index contributed by atoms with van der Waals surface area (Å²) in [6.45, 7) is 0.0225. The maximum Gasteiger partial charge on any atom is 0.289 e. The van der Waals surface area contributed by atoms with Crippen LogP contribution in [0.1, 0.15) is 5.56 Å². The molecule has 0 fully saturated rings. The Morgan fingerprint density at radius 2 is 1.71 bits per heavy atom. The van der Waals surface area contributed by atoms with Crippen LogP contribution in [-0.2, 0) is 16.6 Å². The molecule has 0 saturated heterocycles. The molecule has 0 aliphatic rings. The number of sulfonamides is 1. The van der Waals surface area contributed by atoms with E-state index < -0.39 is 20.6 Å². The number of nitrogens with zero attached hydrogens (tertiary/aromatic N) is 1. The van der Waals surface area contributed by atoms with Crippen molar-refractivity contribution in [1.29, 1.82) is 0 Å². The van der Waals surface area contributed by atoms with Gasteiger partial charge >= 0.3 is 0 Å². The molecule has 2 rings (SSSR count). The molecule has 110 valence electrons. The molecule has 0 heterocycles. The standard InChI is InChI=1S/C13H13N3O4S/c14-11-7-5-10(6-8-11)9-15-21(19,20)13-4-2-1-3-12(13)16(17)18/h1-8,15H,9,14H2. The van der Waals surface area contributed by atoms with Gasteiger partial charge in [0, 0.05) is 18.3 Å². The fourth-order valence-corrected chi connectivity index (χ4v) is 2.91. The lowest BCUT2D eigenvalue weighted by molar-refractivity contribution is -0.387. The predicted octanol–water partition coefficient (Wildman–Crippen LogP) is 1.66. The topological polar surface area (TPSA) is 115 Å². The van der Waals surface area contributed by atoms with E-state index in [9.17, 15) is 18.5 Å². The average Bonchev–Trinajstić information content (AvgIpc) is 2.47. The number of benzene rings is 2. The van der Waals surface area contributed by atoms with Gasteiger partial charge in [0.1, 0.15) is 0 Å². The first-order chi connectivity index (χ1) is 9.90. The normalized spacial score (nSPS) is 11.2. The van der Waals surface area contributed by atoms with Crippen LogP contribution in [0.25, 0.3) is 0 Å². The Morgan fingerprint density at radius 1 is 1.10 bits per heavy atom. The molecule has 0 aliphatic carbocycles.